The predicted molar refractivity (Wildman–Crippen MR) is 73.6 cm³/mol. The van der Waals surface area contributed by atoms with Gasteiger partial charge in [-0.2, -0.15) is 13.2 Å². The number of halogens is 3. The lowest BCUT2D eigenvalue weighted by Crippen LogP contribution is -2.58. The second-order valence-electron chi connectivity index (χ2n) is 4.92. The molecule has 22 heavy (non-hydrogen) atoms. The van der Waals surface area contributed by atoms with Crippen molar-refractivity contribution in [3.63, 3.8) is 0 Å². The summed E-state index contributed by atoms with van der Waals surface area (Å²) in [7, 11) is -0.970. The summed E-state index contributed by atoms with van der Waals surface area (Å²) in [6, 6.07) is 0.751. The average Bonchev–Trinajstić information content (AvgIpc) is 2.46. The number of sulfonamides is 1. The largest absolute Gasteiger partial charge is 0.433 e. The van der Waals surface area contributed by atoms with Gasteiger partial charge in [0.05, 0.1) is 0 Å². The summed E-state index contributed by atoms with van der Waals surface area (Å²) < 4.78 is 63.9. The Kier molecular flexibility index (Phi) is 4.59. The molecule has 0 aliphatic carbocycles. The Hall–Kier alpha value is -1.46. The molecule has 7 nitrogen and oxygen atoms in total. The number of nitrogens with zero attached hydrogens (tertiary/aromatic N) is 4. The molecule has 2 rings (SSSR count). The van der Waals surface area contributed by atoms with E-state index in [1.165, 1.54) is 19.0 Å². The van der Waals surface area contributed by atoms with Crippen molar-refractivity contribution in [2.24, 2.45) is 0 Å². The van der Waals surface area contributed by atoms with Gasteiger partial charge < -0.3 is 10.2 Å². The first-order valence-corrected chi connectivity index (χ1v) is 7.93. The van der Waals surface area contributed by atoms with Crippen LogP contribution in [0.25, 0.3) is 0 Å². The first kappa shape index (κ1) is 16.9. The highest BCUT2D eigenvalue weighted by Crippen LogP contribution is 2.29. The van der Waals surface area contributed by atoms with Crippen LogP contribution in [0.2, 0.25) is 0 Å². The molecule has 0 saturated carbocycles. The van der Waals surface area contributed by atoms with E-state index in [4.69, 9.17) is 0 Å². The maximum absolute atomic E-state index is 12.7. The van der Waals surface area contributed by atoms with Crippen molar-refractivity contribution in [1.82, 2.24) is 19.6 Å². The topological polar surface area (TPSA) is 78.4 Å². The summed E-state index contributed by atoms with van der Waals surface area (Å²) in [5.41, 5.74) is -1.10. The second-order valence-corrected chi connectivity index (χ2v) is 7.22. The Morgan fingerprint density at radius 1 is 1.41 bits per heavy atom. The normalized spacial score (nSPS) is 20.5. The summed E-state index contributed by atoms with van der Waals surface area (Å²) in [5.74, 6) is -0.244. The zero-order valence-corrected chi connectivity index (χ0v) is 12.8. The third-order valence-electron chi connectivity index (χ3n) is 3.24. The van der Waals surface area contributed by atoms with Gasteiger partial charge in [0.1, 0.15) is 5.69 Å². The number of hydrogen-bond donors (Lipinski definition) is 1. The molecule has 0 bridgehead atoms. The fourth-order valence-electron chi connectivity index (χ4n) is 2.06. The smallest absolute Gasteiger partial charge is 0.320 e. The fourth-order valence-corrected chi connectivity index (χ4v) is 3.40. The molecule has 1 N–H and O–H groups in total. The van der Waals surface area contributed by atoms with Gasteiger partial charge in [-0.15, -0.1) is 0 Å². The van der Waals surface area contributed by atoms with Crippen LogP contribution in [-0.4, -0.2) is 61.8 Å². The monoisotopic (exact) mass is 339 g/mol. The third-order valence-corrected chi connectivity index (χ3v) is 5.37. The average molecular weight is 339 g/mol. The Bertz CT molecular complexity index is 635. The van der Waals surface area contributed by atoms with Crippen molar-refractivity contribution in [3.8, 4) is 0 Å². The van der Waals surface area contributed by atoms with E-state index in [9.17, 15) is 21.6 Å². The van der Waals surface area contributed by atoms with Crippen molar-refractivity contribution < 1.29 is 21.6 Å². The molecule has 1 fully saturated rings. The fraction of sp³-hybridized carbons (Fsp3) is 0.636. The van der Waals surface area contributed by atoms with Crippen LogP contribution in [0, 0.1) is 0 Å². The minimum Gasteiger partial charge on any atom is -0.320 e. The number of hydrogen-bond acceptors (Lipinski definition) is 6. The van der Waals surface area contributed by atoms with Crippen LogP contribution >= 0.6 is 0 Å². The van der Waals surface area contributed by atoms with E-state index in [1.54, 1.807) is 0 Å². The van der Waals surface area contributed by atoms with E-state index in [0.29, 0.717) is 6.54 Å². The van der Waals surface area contributed by atoms with Crippen molar-refractivity contribution in [3.05, 3.63) is 18.0 Å². The molecule has 1 aromatic rings. The molecule has 0 amide bonds. The zero-order chi connectivity index (χ0) is 16.5. The number of rotatable bonds is 3. The Morgan fingerprint density at radius 3 is 2.68 bits per heavy atom. The van der Waals surface area contributed by atoms with Gasteiger partial charge in [-0.3, -0.25) is 0 Å². The number of alkyl halides is 3. The van der Waals surface area contributed by atoms with Gasteiger partial charge in [0.2, 0.25) is 16.0 Å². The zero-order valence-electron chi connectivity index (χ0n) is 12.0. The molecule has 2 heterocycles. The summed E-state index contributed by atoms with van der Waals surface area (Å²) in [5, 5.41) is 1.86. The molecule has 1 atom stereocenters. The SMILES string of the molecule is CN(C)S(=O)(=O)C1CNCCN1c1nccc(C(F)(F)F)n1. The molecule has 0 radical (unpaired) electrons. The molecule has 0 aromatic carbocycles. The Balaban J connectivity index is 2.41. The maximum Gasteiger partial charge on any atom is 0.433 e. The lowest BCUT2D eigenvalue weighted by molar-refractivity contribution is -0.141. The van der Waals surface area contributed by atoms with E-state index in [1.807, 2.05) is 0 Å². The van der Waals surface area contributed by atoms with Gasteiger partial charge >= 0.3 is 6.18 Å². The van der Waals surface area contributed by atoms with E-state index in [0.717, 1.165) is 16.6 Å². The van der Waals surface area contributed by atoms with Crippen molar-refractivity contribution in [1.29, 1.82) is 0 Å². The van der Waals surface area contributed by atoms with E-state index < -0.39 is 27.3 Å². The van der Waals surface area contributed by atoms with Crippen LogP contribution in [0.1, 0.15) is 5.69 Å². The second kappa shape index (κ2) is 5.97. The van der Waals surface area contributed by atoms with Crippen molar-refractivity contribution in [2.75, 3.05) is 38.6 Å². The molecule has 11 heteroatoms. The molecule has 124 valence electrons. The number of nitrogens with one attached hydrogen (secondary N) is 1. The lowest BCUT2D eigenvalue weighted by atomic mass is 10.3. The van der Waals surface area contributed by atoms with Gasteiger partial charge in [-0.05, 0) is 6.07 Å². The summed E-state index contributed by atoms with van der Waals surface area (Å²) in [6.07, 6.45) is -3.63. The van der Waals surface area contributed by atoms with Crippen LogP contribution in [0.3, 0.4) is 0 Å². The molecule has 1 aliphatic rings. The maximum atomic E-state index is 12.7. The summed E-state index contributed by atoms with van der Waals surface area (Å²) >= 11 is 0. The lowest BCUT2D eigenvalue weighted by Gasteiger charge is -2.36. The molecule has 1 unspecified atom stereocenters. The quantitative estimate of drug-likeness (QED) is 0.843. The van der Waals surface area contributed by atoms with E-state index in [-0.39, 0.29) is 19.0 Å². The van der Waals surface area contributed by atoms with Gasteiger partial charge in [-0.25, -0.2) is 22.7 Å². The Labute approximate surface area is 126 Å². The minimum absolute atomic E-state index is 0.0835. The van der Waals surface area contributed by atoms with E-state index in [2.05, 4.69) is 15.3 Å². The van der Waals surface area contributed by atoms with Crippen LogP contribution in [0.5, 0.6) is 0 Å². The van der Waals surface area contributed by atoms with Crippen LogP contribution in [0.15, 0.2) is 12.3 Å². The molecule has 1 aromatic heterocycles. The van der Waals surface area contributed by atoms with Crippen molar-refractivity contribution in [2.45, 2.75) is 11.6 Å². The van der Waals surface area contributed by atoms with Gasteiger partial charge in [0, 0.05) is 39.9 Å². The predicted octanol–water partition coefficient (Wildman–Crippen LogP) is 0.122. The highest BCUT2D eigenvalue weighted by Gasteiger charge is 2.38. The third kappa shape index (κ3) is 3.31. The highest BCUT2D eigenvalue weighted by atomic mass is 32.2. The van der Waals surface area contributed by atoms with Crippen LogP contribution < -0.4 is 10.2 Å². The van der Waals surface area contributed by atoms with Crippen molar-refractivity contribution >= 4 is 16.0 Å². The molecular formula is C11H16F3N5O2S. The first-order chi connectivity index (χ1) is 10.1. The summed E-state index contributed by atoms with van der Waals surface area (Å²) in [4.78, 5) is 8.55. The Morgan fingerprint density at radius 2 is 2.09 bits per heavy atom. The number of anilines is 1. The molecule has 1 aliphatic heterocycles. The molecular weight excluding hydrogens is 323 g/mol. The highest BCUT2D eigenvalue weighted by molar-refractivity contribution is 7.89. The van der Waals surface area contributed by atoms with Crippen LogP contribution in [0.4, 0.5) is 19.1 Å². The van der Waals surface area contributed by atoms with Crippen LogP contribution in [-0.2, 0) is 16.2 Å². The number of piperazine rings is 1. The van der Waals surface area contributed by atoms with Gasteiger partial charge in [0.15, 0.2) is 5.37 Å². The summed E-state index contributed by atoms with van der Waals surface area (Å²) in [6.45, 7) is 0.707. The van der Waals surface area contributed by atoms with E-state index >= 15 is 0 Å². The molecule has 1 saturated heterocycles. The first-order valence-electron chi connectivity index (χ1n) is 6.43. The number of aromatic nitrogens is 2. The van der Waals surface area contributed by atoms with Gasteiger partial charge in [0.25, 0.3) is 0 Å². The molecule has 0 spiro atoms. The standard InChI is InChI=1S/C11H16F3N5O2S/c1-18(2)22(20,21)9-7-15-5-6-19(9)10-16-4-3-8(17-10)11(12,13)14/h3-4,9,15H,5-7H2,1-2H3. The van der Waals surface area contributed by atoms with Gasteiger partial charge in [-0.1, -0.05) is 0 Å². The minimum atomic E-state index is -4.61.